The van der Waals surface area contributed by atoms with Gasteiger partial charge in [-0.25, -0.2) is 4.39 Å². The van der Waals surface area contributed by atoms with E-state index in [1.54, 1.807) is 0 Å². The Bertz CT molecular complexity index is 886. The van der Waals surface area contributed by atoms with Crippen LogP contribution in [0.3, 0.4) is 0 Å². The van der Waals surface area contributed by atoms with Crippen molar-refractivity contribution >= 4 is 24.9 Å². The van der Waals surface area contributed by atoms with Gasteiger partial charge in [-0.1, -0.05) is 10.6 Å². The first-order valence-corrected chi connectivity index (χ1v) is 9.57. The van der Waals surface area contributed by atoms with Crippen LogP contribution in [-0.2, 0) is 10.7 Å². The van der Waals surface area contributed by atoms with Crippen LogP contribution in [-0.4, -0.2) is 30.2 Å². The number of alkyl halides is 3. The van der Waals surface area contributed by atoms with Gasteiger partial charge in [-0.3, -0.25) is 4.79 Å². The highest BCUT2D eigenvalue weighted by Crippen LogP contribution is 2.33. The van der Waals surface area contributed by atoms with Crippen LogP contribution in [0.2, 0.25) is 0 Å². The number of β-amino-alcohol motifs (C(OH)–C–C–N with tert-alkyl or cyclic N) is 1. The van der Waals surface area contributed by atoms with Gasteiger partial charge in [0.05, 0.1) is 11.7 Å². The van der Waals surface area contributed by atoms with Gasteiger partial charge < -0.3 is 20.6 Å². The monoisotopic (exact) mass is 432 g/mol. The normalized spacial score (nSPS) is 16.6. The molecule has 0 radical (unpaired) electrons. The maximum absolute atomic E-state index is 13.2. The smallest absolute Gasteiger partial charge is 0.419 e. The van der Waals surface area contributed by atoms with Crippen LogP contribution in [0, 0.1) is 5.82 Å². The molecule has 2 aromatic rings. The standard InChI is InChI=1S/C14H8F4NO3P.C4H9NO/c15-12-5-4-9(7-11(12)14(16,17)18)19-13(20)8-2-1-3-10(6-8)23(21)22;6-4-1-2-5-3-4/h1-7H,(H,19,20);4-6H,1-3H2. The molecule has 11 heteroatoms. The van der Waals surface area contributed by atoms with E-state index in [1.165, 1.54) is 18.2 Å². The second-order valence-corrected chi connectivity index (χ2v) is 7.13. The van der Waals surface area contributed by atoms with Crippen molar-refractivity contribution in [1.82, 2.24) is 5.32 Å². The average molecular weight is 432 g/mol. The number of hydrogen-bond donors (Lipinski definition) is 3. The summed E-state index contributed by atoms with van der Waals surface area (Å²) in [5.74, 6) is -2.27. The summed E-state index contributed by atoms with van der Waals surface area (Å²) < 4.78 is 61.9. The van der Waals surface area contributed by atoms with Gasteiger partial charge in [-0.15, -0.1) is 0 Å². The summed E-state index contributed by atoms with van der Waals surface area (Å²) >= 11 is 0. The molecule has 0 bridgehead atoms. The van der Waals surface area contributed by atoms with Gasteiger partial charge in [0.15, 0.2) is 5.30 Å². The van der Waals surface area contributed by atoms with E-state index in [0.717, 1.165) is 31.6 Å². The topological polar surface area (TPSA) is 101 Å². The lowest BCUT2D eigenvalue weighted by atomic mass is 10.1. The third-order valence-electron chi connectivity index (χ3n) is 3.88. The molecular formula is C18H17F4N2O4P. The first kappa shape index (κ1) is 22.9. The van der Waals surface area contributed by atoms with Crippen molar-refractivity contribution in [2.24, 2.45) is 0 Å². The van der Waals surface area contributed by atoms with E-state index in [0.29, 0.717) is 12.1 Å². The summed E-state index contributed by atoms with van der Waals surface area (Å²) in [5.41, 5.74) is -1.83. The number of nitrogens with one attached hydrogen (secondary N) is 2. The number of halogens is 4. The average Bonchev–Trinajstić information content (AvgIpc) is 3.14. The lowest BCUT2D eigenvalue weighted by Crippen LogP contribution is -2.16. The van der Waals surface area contributed by atoms with E-state index in [9.17, 15) is 31.8 Å². The number of amides is 1. The summed E-state index contributed by atoms with van der Waals surface area (Å²) in [5, 5.41) is 13.7. The van der Waals surface area contributed by atoms with E-state index in [2.05, 4.69) is 10.6 Å². The van der Waals surface area contributed by atoms with Crippen LogP contribution in [0.4, 0.5) is 23.2 Å². The van der Waals surface area contributed by atoms with E-state index >= 15 is 0 Å². The Balaban J connectivity index is 0.000000426. The second kappa shape index (κ2) is 9.89. The third-order valence-corrected chi connectivity index (χ3v) is 4.58. The first-order valence-electron chi connectivity index (χ1n) is 8.39. The maximum atomic E-state index is 13.2. The zero-order chi connectivity index (χ0) is 21.6. The second-order valence-electron chi connectivity index (χ2n) is 6.10. The number of carbonyl (C=O) groups excluding carboxylic acids is 1. The van der Waals surface area contributed by atoms with E-state index in [-0.39, 0.29) is 22.7 Å². The summed E-state index contributed by atoms with van der Waals surface area (Å²) in [6.07, 6.45) is -4.03. The molecule has 3 N–H and O–H groups in total. The van der Waals surface area contributed by atoms with Gasteiger partial charge in [0.2, 0.25) is 0 Å². The molecule has 3 rings (SSSR count). The minimum atomic E-state index is -4.90. The first-order chi connectivity index (χ1) is 13.6. The zero-order valence-corrected chi connectivity index (χ0v) is 15.8. The van der Waals surface area contributed by atoms with Crippen molar-refractivity contribution in [1.29, 1.82) is 0 Å². The SMILES string of the molecule is O=C(Nc1ccc(F)c(C(F)(F)F)c1)c1cccc([P+](=O)[O-])c1.OC1CCNC1. The van der Waals surface area contributed by atoms with Gasteiger partial charge in [0, 0.05) is 23.9 Å². The highest BCUT2D eigenvalue weighted by Gasteiger charge is 2.34. The van der Waals surface area contributed by atoms with Crippen molar-refractivity contribution in [3.8, 4) is 0 Å². The van der Waals surface area contributed by atoms with Gasteiger partial charge in [0.25, 0.3) is 5.91 Å². The van der Waals surface area contributed by atoms with Crippen LogP contribution in [0.1, 0.15) is 22.3 Å². The highest BCUT2D eigenvalue weighted by atomic mass is 31.1. The van der Waals surface area contributed by atoms with Crippen molar-refractivity contribution in [2.45, 2.75) is 18.7 Å². The molecule has 1 aliphatic rings. The van der Waals surface area contributed by atoms with Crippen LogP contribution in [0.5, 0.6) is 0 Å². The Morgan fingerprint density at radius 3 is 2.48 bits per heavy atom. The fourth-order valence-electron chi connectivity index (χ4n) is 2.42. The minimum Gasteiger partial charge on any atom is -0.591 e. The molecule has 2 aromatic carbocycles. The highest BCUT2D eigenvalue weighted by molar-refractivity contribution is 7.45. The molecule has 1 saturated heterocycles. The molecule has 2 unspecified atom stereocenters. The number of anilines is 1. The molecule has 0 saturated carbocycles. The molecule has 0 aromatic heterocycles. The van der Waals surface area contributed by atoms with E-state index in [1.807, 2.05) is 0 Å². The Labute approximate surface area is 164 Å². The molecular weight excluding hydrogens is 415 g/mol. The third kappa shape index (κ3) is 6.86. The summed E-state index contributed by atoms with van der Waals surface area (Å²) in [7, 11) is -2.90. The molecule has 6 nitrogen and oxygen atoms in total. The molecule has 0 aliphatic carbocycles. The molecule has 1 amide bonds. The van der Waals surface area contributed by atoms with Crippen LogP contribution in [0.15, 0.2) is 42.5 Å². The zero-order valence-electron chi connectivity index (χ0n) is 14.9. The number of rotatable bonds is 3. The lowest BCUT2D eigenvalue weighted by Gasteiger charge is -2.11. The Morgan fingerprint density at radius 2 is 1.97 bits per heavy atom. The molecule has 1 aliphatic heterocycles. The van der Waals surface area contributed by atoms with E-state index in [4.69, 9.17) is 5.11 Å². The molecule has 2 atom stereocenters. The Kier molecular flexibility index (Phi) is 7.80. The van der Waals surface area contributed by atoms with Gasteiger partial charge in [0.1, 0.15) is 5.82 Å². The van der Waals surface area contributed by atoms with Crippen LogP contribution in [0.25, 0.3) is 0 Å². The van der Waals surface area contributed by atoms with Crippen molar-refractivity contribution in [3.63, 3.8) is 0 Å². The molecule has 29 heavy (non-hydrogen) atoms. The summed E-state index contributed by atoms with van der Waals surface area (Å²) in [6, 6.07) is 6.99. The maximum Gasteiger partial charge on any atom is 0.419 e. The van der Waals surface area contributed by atoms with Crippen LogP contribution < -0.4 is 20.8 Å². The number of aliphatic hydroxyl groups is 1. The number of benzene rings is 2. The van der Waals surface area contributed by atoms with Crippen molar-refractivity contribution < 1.29 is 36.9 Å². The quantitative estimate of drug-likeness (QED) is 0.510. The lowest BCUT2D eigenvalue weighted by molar-refractivity contribution is -0.160. The van der Waals surface area contributed by atoms with Crippen molar-refractivity contribution in [2.75, 3.05) is 18.4 Å². The number of hydrogen-bond acceptors (Lipinski definition) is 5. The van der Waals surface area contributed by atoms with E-state index < -0.39 is 31.5 Å². The molecule has 0 spiro atoms. The predicted molar refractivity (Wildman–Crippen MR) is 96.5 cm³/mol. The number of aliphatic hydroxyl groups excluding tert-OH is 1. The van der Waals surface area contributed by atoms with Gasteiger partial charge in [-0.05, 0) is 43.3 Å². The fourth-order valence-corrected chi connectivity index (χ4v) is 2.88. The molecule has 1 heterocycles. The summed E-state index contributed by atoms with van der Waals surface area (Å²) in [6.45, 7) is 1.78. The number of carbonyl (C=O) groups is 1. The summed E-state index contributed by atoms with van der Waals surface area (Å²) in [4.78, 5) is 22.8. The Hall–Kier alpha value is -2.39. The molecule has 156 valence electrons. The molecule has 1 fully saturated rings. The Morgan fingerprint density at radius 1 is 1.24 bits per heavy atom. The largest absolute Gasteiger partial charge is 0.591 e. The fraction of sp³-hybridized carbons (Fsp3) is 0.278. The van der Waals surface area contributed by atoms with Crippen LogP contribution >= 0.6 is 8.03 Å². The van der Waals surface area contributed by atoms with Crippen molar-refractivity contribution in [3.05, 3.63) is 59.4 Å². The van der Waals surface area contributed by atoms with Gasteiger partial charge in [-0.2, -0.15) is 13.2 Å². The predicted octanol–water partition coefficient (Wildman–Crippen LogP) is 2.17. The minimum absolute atomic E-state index is 0.0559. The van der Waals surface area contributed by atoms with Gasteiger partial charge >= 0.3 is 14.2 Å².